The second-order valence-corrected chi connectivity index (χ2v) is 11.6. The van der Waals surface area contributed by atoms with Crippen LogP contribution in [0.2, 0.25) is 0 Å². The summed E-state index contributed by atoms with van der Waals surface area (Å²) in [6, 6.07) is 34.7. The van der Waals surface area contributed by atoms with Crippen LogP contribution in [0.5, 0.6) is 23.0 Å². The molecule has 9 aromatic rings. The van der Waals surface area contributed by atoms with Gasteiger partial charge in [0.2, 0.25) is 0 Å². The lowest BCUT2D eigenvalue weighted by atomic mass is 9.99. The average Bonchev–Trinajstić information content (AvgIpc) is 3.12. The van der Waals surface area contributed by atoms with Gasteiger partial charge in [-0.2, -0.15) is 0 Å². The predicted molar refractivity (Wildman–Crippen MR) is 189 cm³/mol. The van der Waals surface area contributed by atoms with Crippen LogP contribution in [-0.4, -0.2) is 9.97 Å². The molecule has 0 bridgehead atoms. The van der Waals surface area contributed by atoms with E-state index >= 15 is 0 Å². The highest BCUT2D eigenvalue weighted by molar-refractivity contribution is 6.15. The highest BCUT2D eigenvalue weighted by Gasteiger charge is 2.20. The number of fused-ring (bicyclic) bond motifs is 8. The molecular formula is C40H22N2O6. The van der Waals surface area contributed by atoms with E-state index in [0.717, 1.165) is 0 Å². The summed E-state index contributed by atoms with van der Waals surface area (Å²) in [4.78, 5) is 62.7. The Morgan fingerprint density at radius 1 is 0.354 bits per heavy atom. The molecule has 9 rings (SSSR count). The summed E-state index contributed by atoms with van der Waals surface area (Å²) in [6.07, 6.45) is 0. The maximum atomic E-state index is 14.1. The Labute approximate surface area is 269 Å². The molecule has 0 atom stereocenters. The molecule has 0 fully saturated rings. The monoisotopic (exact) mass is 626 g/mol. The Morgan fingerprint density at radius 2 is 0.729 bits per heavy atom. The first-order chi connectivity index (χ1) is 23.5. The van der Waals surface area contributed by atoms with Crippen LogP contribution in [0.4, 0.5) is 0 Å². The zero-order valence-electron chi connectivity index (χ0n) is 25.0. The Morgan fingerprint density at radius 3 is 1.15 bits per heavy atom. The quantitative estimate of drug-likeness (QED) is 0.153. The summed E-state index contributed by atoms with van der Waals surface area (Å²) in [7, 11) is 0. The number of aromatic amines is 2. The van der Waals surface area contributed by atoms with Gasteiger partial charge in [0, 0.05) is 21.5 Å². The largest absolute Gasteiger partial charge is 0.457 e. The maximum absolute atomic E-state index is 14.1. The minimum atomic E-state index is -0.336. The van der Waals surface area contributed by atoms with Crippen molar-refractivity contribution in [3.05, 3.63) is 162 Å². The van der Waals surface area contributed by atoms with E-state index in [0.29, 0.717) is 45.1 Å². The maximum Gasteiger partial charge on any atom is 0.198 e. The first-order valence-corrected chi connectivity index (χ1v) is 15.3. The van der Waals surface area contributed by atoms with Crippen LogP contribution >= 0.6 is 0 Å². The van der Waals surface area contributed by atoms with E-state index in [9.17, 15) is 19.2 Å². The summed E-state index contributed by atoms with van der Waals surface area (Å²) in [5.74, 6) is 1.68. The molecule has 8 heteroatoms. The van der Waals surface area contributed by atoms with Crippen molar-refractivity contribution in [2.75, 3.05) is 0 Å². The van der Waals surface area contributed by atoms with Gasteiger partial charge in [0.1, 0.15) is 23.0 Å². The predicted octanol–water partition coefficient (Wildman–Crippen LogP) is 7.73. The molecule has 0 spiro atoms. The fraction of sp³-hybridized carbons (Fsp3) is 0. The minimum absolute atomic E-state index is 0.204. The second kappa shape index (κ2) is 10.4. The Hall–Kier alpha value is -6.80. The third-order valence-electron chi connectivity index (χ3n) is 8.81. The van der Waals surface area contributed by atoms with Gasteiger partial charge in [-0.15, -0.1) is 0 Å². The van der Waals surface area contributed by atoms with Crippen molar-refractivity contribution in [3.63, 3.8) is 0 Å². The van der Waals surface area contributed by atoms with Crippen LogP contribution < -0.4 is 31.2 Å². The van der Waals surface area contributed by atoms with Gasteiger partial charge in [0.25, 0.3) is 0 Å². The molecule has 228 valence electrons. The fourth-order valence-electron chi connectivity index (χ4n) is 6.64. The summed E-state index contributed by atoms with van der Waals surface area (Å²) >= 11 is 0. The molecule has 2 N–H and O–H groups in total. The summed E-state index contributed by atoms with van der Waals surface area (Å²) in [5, 5.41) is 1.78. The van der Waals surface area contributed by atoms with Crippen LogP contribution in [0.15, 0.2) is 141 Å². The summed E-state index contributed by atoms with van der Waals surface area (Å²) in [5.41, 5.74) is 0.453. The molecule has 0 aliphatic heterocycles. The fourth-order valence-corrected chi connectivity index (χ4v) is 6.64. The molecule has 8 nitrogen and oxygen atoms in total. The van der Waals surface area contributed by atoms with Crippen molar-refractivity contribution >= 4 is 65.2 Å². The molecule has 0 saturated heterocycles. The van der Waals surface area contributed by atoms with Gasteiger partial charge in [-0.1, -0.05) is 60.7 Å². The SMILES string of the molecule is O=c1c2ccc3[nH]c4c(ccc5c(=O)c6c(Oc7ccccc7)cccc6c(=O)c54)[nH]c3c2c(=O)c2cccc(Oc3ccccc3)c12. The van der Waals surface area contributed by atoms with Crippen LogP contribution in [0.1, 0.15) is 0 Å². The van der Waals surface area contributed by atoms with Crippen molar-refractivity contribution < 1.29 is 9.47 Å². The number of nitrogens with one attached hydrogen (secondary N) is 2. The summed E-state index contributed by atoms with van der Waals surface area (Å²) in [6.45, 7) is 0. The van der Waals surface area contributed by atoms with E-state index in [1.807, 2.05) is 36.4 Å². The Balaban J connectivity index is 1.29. The van der Waals surface area contributed by atoms with E-state index in [2.05, 4.69) is 9.97 Å². The summed E-state index contributed by atoms with van der Waals surface area (Å²) < 4.78 is 12.1. The minimum Gasteiger partial charge on any atom is -0.457 e. The second-order valence-electron chi connectivity index (χ2n) is 11.6. The number of H-pyrrole nitrogens is 2. The third kappa shape index (κ3) is 4.03. The van der Waals surface area contributed by atoms with E-state index < -0.39 is 0 Å². The Kier molecular flexibility index (Phi) is 5.94. The smallest absolute Gasteiger partial charge is 0.198 e. The first kappa shape index (κ1) is 27.5. The van der Waals surface area contributed by atoms with Gasteiger partial charge in [-0.05, 0) is 60.7 Å². The highest BCUT2D eigenvalue weighted by atomic mass is 16.5. The molecule has 0 saturated carbocycles. The van der Waals surface area contributed by atoms with Gasteiger partial charge in [-0.25, -0.2) is 0 Å². The van der Waals surface area contributed by atoms with Crippen LogP contribution in [0.3, 0.4) is 0 Å². The number of benzene rings is 8. The lowest BCUT2D eigenvalue weighted by Gasteiger charge is -2.12. The topological polar surface area (TPSA) is 118 Å². The van der Waals surface area contributed by atoms with Crippen LogP contribution in [0.25, 0.3) is 65.2 Å². The van der Waals surface area contributed by atoms with E-state index in [-0.39, 0.29) is 64.8 Å². The standard InChI is InChI=1S/C40H22N2O6/c43-37-25-17-19-27-35(33(25)39(45)23-13-7-15-29(31(23)37)47-21-9-3-1-4-10-21)41-28-20-18-26-34(36(28)42-27)40(46)24-14-8-16-30(32(24)38(26)44)48-22-11-5-2-6-12-22/h1-20,41-42H. The van der Waals surface area contributed by atoms with Gasteiger partial charge in [-0.3, -0.25) is 19.2 Å². The lowest BCUT2D eigenvalue weighted by Crippen LogP contribution is -2.15. The number of ether oxygens (including phenoxy) is 2. The van der Waals surface area contributed by atoms with Gasteiger partial charge in [0.05, 0.1) is 43.6 Å². The van der Waals surface area contributed by atoms with E-state index in [1.54, 1.807) is 84.9 Å². The molecule has 48 heavy (non-hydrogen) atoms. The number of aromatic nitrogens is 2. The van der Waals surface area contributed by atoms with Crippen LogP contribution in [0, 0.1) is 0 Å². The zero-order chi connectivity index (χ0) is 32.5. The number of rotatable bonds is 4. The first-order valence-electron chi connectivity index (χ1n) is 15.3. The normalized spacial score (nSPS) is 11.7. The average molecular weight is 627 g/mol. The number of hydrogen-bond acceptors (Lipinski definition) is 6. The van der Waals surface area contributed by atoms with Crippen molar-refractivity contribution in [1.82, 2.24) is 9.97 Å². The van der Waals surface area contributed by atoms with E-state index in [4.69, 9.17) is 9.47 Å². The molecule has 0 radical (unpaired) electrons. The molecule has 0 unspecified atom stereocenters. The van der Waals surface area contributed by atoms with Crippen molar-refractivity contribution in [2.24, 2.45) is 0 Å². The Bertz CT molecular complexity index is 2820. The molecule has 1 heterocycles. The molecular weight excluding hydrogens is 604 g/mol. The van der Waals surface area contributed by atoms with Crippen molar-refractivity contribution in [1.29, 1.82) is 0 Å². The molecule has 8 aromatic carbocycles. The van der Waals surface area contributed by atoms with Crippen molar-refractivity contribution in [2.45, 2.75) is 0 Å². The van der Waals surface area contributed by atoms with E-state index in [1.165, 1.54) is 0 Å². The van der Waals surface area contributed by atoms with Gasteiger partial charge in [0.15, 0.2) is 21.7 Å². The number of hydrogen-bond donors (Lipinski definition) is 2. The zero-order valence-corrected chi connectivity index (χ0v) is 25.0. The van der Waals surface area contributed by atoms with Crippen LogP contribution in [-0.2, 0) is 0 Å². The third-order valence-corrected chi connectivity index (χ3v) is 8.81. The molecule has 0 amide bonds. The van der Waals surface area contributed by atoms with Crippen molar-refractivity contribution in [3.8, 4) is 23.0 Å². The molecule has 0 aliphatic carbocycles. The molecule has 1 aromatic heterocycles. The highest BCUT2D eigenvalue weighted by Crippen LogP contribution is 2.32. The molecule has 0 aliphatic rings. The lowest BCUT2D eigenvalue weighted by molar-refractivity contribution is 0.488. The van der Waals surface area contributed by atoms with Gasteiger partial charge >= 0.3 is 0 Å². The number of para-hydroxylation sites is 2. The van der Waals surface area contributed by atoms with Gasteiger partial charge < -0.3 is 19.4 Å².